The van der Waals surface area contributed by atoms with E-state index in [2.05, 4.69) is 5.32 Å². The van der Waals surface area contributed by atoms with Crippen LogP contribution >= 0.6 is 0 Å². The van der Waals surface area contributed by atoms with E-state index in [1.54, 1.807) is 17.0 Å². The molecule has 1 aliphatic rings. The van der Waals surface area contributed by atoms with Gasteiger partial charge in [0.15, 0.2) is 0 Å². The van der Waals surface area contributed by atoms with Crippen LogP contribution in [0.2, 0.25) is 0 Å². The van der Waals surface area contributed by atoms with Crippen LogP contribution in [0.4, 0.5) is 10.1 Å². The van der Waals surface area contributed by atoms with Gasteiger partial charge in [0.2, 0.25) is 11.8 Å². The summed E-state index contributed by atoms with van der Waals surface area (Å²) in [6.45, 7) is 5.89. The third-order valence-electron chi connectivity index (χ3n) is 4.49. The van der Waals surface area contributed by atoms with Gasteiger partial charge < -0.3 is 10.2 Å². The number of hydrogen-bond donors (Lipinski definition) is 1. The number of nitrogens with one attached hydrogen (secondary N) is 1. The Hall–Kier alpha value is -2.69. The van der Waals surface area contributed by atoms with Gasteiger partial charge in [0, 0.05) is 17.7 Å². The van der Waals surface area contributed by atoms with Gasteiger partial charge in [-0.1, -0.05) is 43.7 Å². The molecule has 26 heavy (non-hydrogen) atoms. The van der Waals surface area contributed by atoms with Crippen molar-refractivity contribution in [3.8, 4) is 0 Å². The van der Waals surface area contributed by atoms with Crippen molar-refractivity contribution < 1.29 is 14.0 Å². The average Bonchev–Trinajstić information content (AvgIpc) is 2.71. The van der Waals surface area contributed by atoms with E-state index >= 15 is 0 Å². The topological polar surface area (TPSA) is 49.4 Å². The molecule has 136 valence electrons. The minimum absolute atomic E-state index is 0.0265. The Labute approximate surface area is 153 Å². The molecular formula is C21H23FN2O2. The van der Waals surface area contributed by atoms with E-state index in [0.29, 0.717) is 12.1 Å². The Morgan fingerprint density at radius 1 is 1.23 bits per heavy atom. The molecule has 0 fully saturated rings. The monoisotopic (exact) mass is 354 g/mol. The first-order valence-corrected chi connectivity index (χ1v) is 8.80. The van der Waals surface area contributed by atoms with Gasteiger partial charge in [-0.3, -0.25) is 9.59 Å². The maximum atomic E-state index is 13.4. The normalized spacial score (nSPS) is 16.9. The van der Waals surface area contributed by atoms with Crippen LogP contribution in [0.5, 0.6) is 0 Å². The minimum atomic E-state index is -0.435. The van der Waals surface area contributed by atoms with Gasteiger partial charge in [-0.15, -0.1) is 0 Å². The third-order valence-corrected chi connectivity index (χ3v) is 4.49. The molecule has 1 aliphatic heterocycles. The molecule has 1 heterocycles. The van der Waals surface area contributed by atoms with Gasteiger partial charge in [-0.05, 0) is 36.6 Å². The first kappa shape index (κ1) is 18.1. The van der Waals surface area contributed by atoms with Gasteiger partial charge in [0.25, 0.3) is 0 Å². The zero-order valence-corrected chi connectivity index (χ0v) is 15.3. The Morgan fingerprint density at radius 2 is 1.92 bits per heavy atom. The molecule has 0 aliphatic carbocycles. The van der Waals surface area contributed by atoms with Crippen molar-refractivity contribution >= 4 is 17.5 Å². The summed E-state index contributed by atoms with van der Waals surface area (Å²) in [5.41, 5.74) is 3.35. The van der Waals surface area contributed by atoms with E-state index in [4.69, 9.17) is 0 Å². The lowest BCUT2D eigenvalue weighted by atomic mass is 9.94. The molecule has 2 aromatic carbocycles. The van der Waals surface area contributed by atoms with Crippen molar-refractivity contribution in [2.24, 2.45) is 5.92 Å². The van der Waals surface area contributed by atoms with Crippen molar-refractivity contribution in [3.63, 3.8) is 0 Å². The number of nitrogens with zero attached hydrogens (tertiary/aromatic N) is 1. The summed E-state index contributed by atoms with van der Waals surface area (Å²) in [7, 11) is 0. The molecule has 1 atom stereocenters. The number of benzene rings is 2. The molecule has 2 aromatic rings. The van der Waals surface area contributed by atoms with Crippen molar-refractivity contribution in [1.82, 2.24) is 4.90 Å². The lowest BCUT2D eigenvalue weighted by Crippen LogP contribution is -2.39. The largest absolute Gasteiger partial charge is 0.324 e. The quantitative estimate of drug-likeness (QED) is 0.904. The second kappa shape index (κ2) is 7.28. The van der Waals surface area contributed by atoms with Gasteiger partial charge in [0.05, 0.1) is 6.04 Å². The highest BCUT2D eigenvalue weighted by molar-refractivity contribution is 5.97. The summed E-state index contributed by atoms with van der Waals surface area (Å²) < 4.78 is 13.4. The number of aryl methyl sites for hydroxylation is 1. The number of halogens is 1. The van der Waals surface area contributed by atoms with Crippen LogP contribution in [0.3, 0.4) is 0 Å². The van der Waals surface area contributed by atoms with Gasteiger partial charge in [-0.2, -0.15) is 0 Å². The smallest absolute Gasteiger partial charge is 0.244 e. The molecule has 0 bridgehead atoms. The summed E-state index contributed by atoms with van der Waals surface area (Å²) in [6.07, 6.45) is 0.353. The fraction of sp³-hybridized carbons (Fsp3) is 0.333. The number of hydrogen-bond acceptors (Lipinski definition) is 2. The van der Waals surface area contributed by atoms with E-state index in [1.807, 2.05) is 39.0 Å². The summed E-state index contributed by atoms with van der Waals surface area (Å²) in [5.74, 6) is -0.462. The number of fused-ring (bicyclic) bond motifs is 1. The maximum absolute atomic E-state index is 13.4. The van der Waals surface area contributed by atoms with Crippen LogP contribution in [-0.2, 0) is 9.59 Å². The fourth-order valence-electron chi connectivity index (χ4n) is 3.33. The number of rotatable bonds is 3. The summed E-state index contributed by atoms with van der Waals surface area (Å²) in [4.78, 5) is 26.9. The zero-order chi connectivity index (χ0) is 18.8. The molecule has 0 radical (unpaired) electrons. The lowest BCUT2D eigenvalue weighted by molar-refractivity contribution is -0.136. The van der Waals surface area contributed by atoms with E-state index in [1.165, 1.54) is 12.1 Å². The van der Waals surface area contributed by atoms with Crippen LogP contribution in [0.15, 0.2) is 42.5 Å². The molecular weight excluding hydrogens is 331 g/mol. The predicted octanol–water partition coefficient (Wildman–Crippen LogP) is 4.05. The molecule has 5 heteroatoms. The molecule has 3 rings (SSSR count). The standard InChI is InChI=1S/C21H23FN2O2/c1-13(2)10-20(26)24-12-19(25)23-18-9-4-14(3)11-17(18)21(24)15-5-7-16(22)8-6-15/h4-9,11,13,21H,10,12H2,1-3H3,(H,23,25)/t21-/m0/s1. The Balaban J connectivity index is 2.16. The van der Waals surface area contributed by atoms with E-state index in [0.717, 1.165) is 16.7 Å². The van der Waals surface area contributed by atoms with E-state index < -0.39 is 6.04 Å². The first-order chi connectivity index (χ1) is 12.3. The molecule has 1 N–H and O–H groups in total. The number of amides is 2. The Morgan fingerprint density at radius 3 is 2.58 bits per heavy atom. The van der Waals surface area contributed by atoms with Crippen LogP contribution in [-0.4, -0.2) is 23.3 Å². The van der Waals surface area contributed by atoms with Crippen molar-refractivity contribution in [1.29, 1.82) is 0 Å². The second-order valence-electron chi connectivity index (χ2n) is 7.21. The Kier molecular flexibility index (Phi) is 5.07. The number of carbonyl (C=O) groups is 2. The highest BCUT2D eigenvalue weighted by Crippen LogP contribution is 2.37. The molecule has 4 nitrogen and oxygen atoms in total. The van der Waals surface area contributed by atoms with E-state index in [9.17, 15) is 14.0 Å². The molecule has 0 aromatic heterocycles. The molecule has 0 saturated carbocycles. The first-order valence-electron chi connectivity index (χ1n) is 8.80. The van der Waals surface area contributed by atoms with Crippen LogP contribution in [0.25, 0.3) is 0 Å². The number of anilines is 1. The van der Waals surface area contributed by atoms with Crippen molar-refractivity contribution in [3.05, 3.63) is 65.0 Å². The van der Waals surface area contributed by atoms with Crippen molar-refractivity contribution in [2.45, 2.75) is 33.2 Å². The van der Waals surface area contributed by atoms with Gasteiger partial charge in [0.1, 0.15) is 12.4 Å². The summed E-state index contributed by atoms with van der Waals surface area (Å²) in [6, 6.07) is 11.4. The zero-order valence-electron chi connectivity index (χ0n) is 15.3. The van der Waals surface area contributed by atoms with Crippen LogP contribution in [0, 0.1) is 18.7 Å². The third kappa shape index (κ3) is 3.77. The summed E-state index contributed by atoms with van der Waals surface area (Å²) >= 11 is 0. The predicted molar refractivity (Wildman–Crippen MR) is 99.2 cm³/mol. The molecule has 0 saturated heterocycles. The van der Waals surface area contributed by atoms with Crippen LogP contribution < -0.4 is 5.32 Å². The molecule has 0 spiro atoms. The fourth-order valence-corrected chi connectivity index (χ4v) is 3.33. The number of carbonyl (C=O) groups excluding carboxylic acids is 2. The maximum Gasteiger partial charge on any atom is 0.244 e. The SMILES string of the molecule is Cc1ccc2c(c1)[C@H](c1ccc(F)cc1)N(C(=O)CC(C)C)CC(=O)N2. The van der Waals surface area contributed by atoms with E-state index in [-0.39, 0.29) is 30.1 Å². The molecule has 0 unspecified atom stereocenters. The van der Waals surface area contributed by atoms with Crippen molar-refractivity contribution in [2.75, 3.05) is 11.9 Å². The molecule has 2 amide bonds. The summed E-state index contributed by atoms with van der Waals surface area (Å²) in [5, 5.41) is 2.89. The van der Waals surface area contributed by atoms with Crippen LogP contribution in [0.1, 0.15) is 43.0 Å². The highest BCUT2D eigenvalue weighted by atomic mass is 19.1. The van der Waals surface area contributed by atoms with Gasteiger partial charge >= 0.3 is 0 Å². The minimum Gasteiger partial charge on any atom is -0.324 e. The Bertz CT molecular complexity index is 830. The van der Waals surface area contributed by atoms with Gasteiger partial charge in [-0.25, -0.2) is 4.39 Å². The second-order valence-corrected chi connectivity index (χ2v) is 7.21. The highest BCUT2D eigenvalue weighted by Gasteiger charge is 2.33. The lowest BCUT2D eigenvalue weighted by Gasteiger charge is -2.31. The average molecular weight is 354 g/mol.